The number of fused-ring (bicyclic) bond motifs is 1. The normalized spacial score (nSPS) is 11.2. The van der Waals surface area contributed by atoms with Gasteiger partial charge in [-0.25, -0.2) is 13.4 Å². The van der Waals surface area contributed by atoms with Crippen LogP contribution in [0.5, 0.6) is 11.6 Å². The Morgan fingerprint density at radius 3 is 2.47 bits per heavy atom. The van der Waals surface area contributed by atoms with Crippen LogP contribution in [0.3, 0.4) is 0 Å². The molecule has 0 atom stereocenters. The van der Waals surface area contributed by atoms with Gasteiger partial charge in [-0.1, -0.05) is 42.5 Å². The summed E-state index contributed by atoms with van der Waals surface area (Å²) in [5, 5.41) is 7.65. The van der Waals surface area contributed by atoms with E-state index in [2.05, 4.69) is 20.6 Å². The first kappa shape index (κ1) is 24.9. The number of aromatic nitrogens is 2. The fourth-order valence-corrected chi connectivity index (χ4v) is 4.78. The molecule has 8 nitrogen and oxygen atoms in total. The minimum Gasteiger partial charge on any atom is -0.439 e. The van der Waals surface area contributed by atoms with Crippen molar-refractivity contribution in [1.29, 1.82) is 0 Å². The summed E-state index contributed by atoms with van der Waals surface area (Å²) in [5.74, 6) is 0.941. The van der Waals surface area contributed by atoms with Crippen molar-refractivity contribution in [2.24, 2.45) is 0 Å². The van der Waals surface area contributed by atoms with Crippen LogP contribution in [0.15, 0.2) is 103 Å². The maximum absolute atomic E-state index is 12.9. The number of anilines is 3. The molecular weight excluding hydrogens is 500 g/mol. The topological polar surface area (TPSA) is 110 Å². The summed E-state index contributed by atoms with van der Waals surface area (Å²) < 4.78 is 29.2. The summed E-state index contributed by atoms with van der Waals surface area (Å²) >= 11 is 0. The Labute approximate surface area is 220 Å². The highest BCUT2D eigenvalue weighted by Crippen LogP contribution is 2.28. The SMILES string of the molecule is CS(=O)(=O)Cc1cccc(Nc2nccc(Oc3ccc4c(C(=O)Nc5ccccc5)cccc4c3)n2)c1. The first-order chi connectivity index (χ1) is 18.3. The number of hydrogen-bond donors (Lipinski definition) is 2. The maximum Gasteiger partial charge on any atom is 0.256 e. The van der Waals surface area contributed by atoms with Gasteiger partial charge in [-0.2, -0.15) is 4.98 Å². The van der Waals surface area contributed by atoms with Crippen molar-refractivity contribution in [3.05, 3.63) is 114 Å². The molecular formula is C29H24N4O4S. The number of ether oxygens (including phenoxy) is 1. The molecule has 0 bridgehead atoms. The molecule has 0 aliphatic heterocycles. The zero-order valence-corrected chi connectivity index (χ0v) is 21.3. The Balaban J connectivity index is 1.32. The van der Waals surface area contributed by atoms with Crippen molar-refractivity contribution in [2.45, 2.75) is 5.75 Å². The molecule has 1 heterocycles. The van der Waals surface area contributed by atoms with Crippen LogP contribution in [-0.2, 0) is 15.6 Å². The van der Waals surface area contributed by atoms with Crippen LogP contribution in [0.4, 0.5) is 17.3 Å². The van der Waals surface area contributed by atoms with E-state index >= 15 is 0 Å². The number of amides is 1. The van der Waals surface area contributed by atoms with Crippen LogP contribution in [0.25, 0.3) is 10.8 Å². The zero-order chi connectivity index (χ0) is 26.5. The standard InChI is InChI=1S/C29H24N4O4S/c1-38(35,36)19-20-7-5-11-23(17-20)32-29-30-16-15-27(33-29)37-24-13-14-25-21(18-24)8-6-12-26(25)28(34)31-22-9-3-2-4-10-22/h2-18H,19H2,1H3,(H,31,34)(H,30,32,33). The Hall–Kier alpha value is -4.76. The molecule has 0 aliphatic carbocycles. The van der Waals surface area contributed by atoms with Crippen molar-refractivity contribution in [3.63, 3.8) is 0 Å². The highest BCUT2D eigenvalue weighted by molar-refractivity contribution is 7.89. The summed E-state index contributed by atoms with van der Waals surface area (Å²) in [4.78, 5) is 21.5. The molecule has 190 valence electrons. The van der Waals surface area contributed by atoms with Gasteiger partial charge in [0.05, 0.1) is 5.75 Å². The van der Waals surface area contributed by atoms with Crippen LogP contribution < -0.4 is 15.4 Å². The van der Waals surface area contributed by atoms with Gasteiger partial charge >= 0.3 is 0 Å². The smallest absolute Gasteiger partial charge is 0.256 e. The van der Waals surface area contributed by atoms with E-state index in [-0.39, 0.29) is 11.7 Å². The van der Waals surface area contributed by atoms with E-state index in [4.69, 9.17) is 4.74 Å². The van der Waals surface area contributed by atoms with Crippen LogP contribution in [0, 0.1) is 0 Å². The zero-order valence-electron chi connectivity index (χ0n) is 20.5. The van der Waals surface area contributed by atoms with Crippen molar-refractivity contribution < 1.29 is 17.9 Å². The van der Waals surface area contributed by atoms with Gasteiger partial charge in [-0.05, 0) is 64.9 Å². The van der Waals surface area contributed by atoms with Crippen molar-refractivity contribution in [2.75, 3.05) is 16.9 Å². The molecule has 1 amide bonds. The first-order valence-electron chi connectivity index (χ1n) is 11.8. The molecule has 0 spiro atoms. The summed E-state index contributed by atoms with van der Waals surface area (Å²) in [6, 6.07) is 29.0. The average molecular weight is 525 g/mol. The Morgan fingerprint density at radius 2 is 1.66 bits per heavy atom. The second-order valence-electron chi connectivity index (χ2n) is 8.72. The van der Waals surface area contributed by atoms with E-state index in [1.54, 1.807) is 48.7 Å². The number of nitrogens with zero attached hydrogens (tertiary/aromatic N) is 2. The molecule has 38 heavy (non-hydrogen) atoms. The van der Waals surface area contributed by atoms with Crippen molar-refractivity contribution in [3.8, 4) is 11.6 Å². The molecule has 4 aromatic carbocycles. The van der Waals surface area contributed by atoms with Gasteiger partial charge in [-0.3, -0.25) is 4.79 Å². The molecule has 0 unspecified atom stereocenters. The second-order valence-corrected chi connectivity index (χ2v) is 10.9. The van der Waals surface area contributed by atoms with Gasteiger partial charge < -0.3 is 15.4 Å². The van der Waals surface area contributed by atoms with Gasteiger partial charge in [0.2, 0.25) is 11.8 Å². The predicted octanol–water partition coefficient (Wildman–Crippen LogP) is 5.96. The highest BCUT2D eigenvalue weighted by Gasteiger charge is 2.12. The van der Waals surface area contributed by atoms with Gasteiger partial charge in [0.15, 0.2) is 9.84 Å². The molecule has 9 heteroatoms. The molecule has 0 saturated heterocycles. The van der Waals surface area contributed by atoms with Crippen molar-refractivity contribution in [1.82, 2.24) is 9.97 Å². The molecule has 0 saturated carbocycles. The molecule has 0 aliphatic rings. The Bertz CT molecular complexity index is 1720. The van der Waals surface area contributed by atoms with Crippen LogP contribution in [-0.4, -0.2) is 30.5 Å². The third-order valence-electron chi connectivity index (χ3n) is 5.59. The lowest BCUT2D eigenvalue weighted by molar-refractivity contribution is 0.102. The number of carbonyl (C=O) groups is 1. The van der Waals surface area contributed by atoms with E-state index in [0.29, 0.717) is 34.4 Å². The highest BCUT2D eigenvalue weighted by atomic mass is 32.2. The third-order valence-corrected chi connectivity index (χ3v) is 6.45. The van der Waals surface area contributed by atoms with Crippen molar-refractivity contribution >= 4 is 43.8 Å². The molecule has 0 fully saturated rings. The van der Waals surface area contributed by atoms with Crippen LogP contribution in [0.2, 0.25) is 0 Å². The van der Waals surface area contributed by atoms with Crippen LogP contribution >= 0.6 is 0 Å². The largest absolute Gasteiger partial charge is 0.439 e. The predicted molar refractivity (Wildman–Crippen MR) is 149 cm³/mol. The summed E-state index contributed by atoms with van der Waals surface area (Å²) in [5.41, 5.74) is 2.61. The minimum atomic E-state index is -3.15. The molecule has 2 N–H and O–H groups in total. The number of benzene rings is 4. The Kier molecular flexibility index (Phi) is 7.01. The maximum atomic E-state index is 12.9. The van der Waals surface area contributed by atoms with Gasteiger partial charge in [0.1, 0.15) is 5.75 Å². The van der Waals surface area contributed by atoms with E-state index in [1.165, 1.54) is 6.26 Å². The second kappa shape index (κ2) is 10.7. The van der Waals surface area contributed by atoms with E-state index in [9.17, 15) is 13.2 Å². The summed E-state index contributed by atoms with van der Waals surface area (Å²) in [7, 11) is -3.15. The van der Waals surface area contributed by atoms with Gasteiger partial charge in [-0.15, -0.1) is 0 Å². The fraction of sp³-hybridized carbons (Fsp3) is 0.0690. The van der Waals surface area contributed by atoms with E-state index in [0.717, 1.165) is 16.5 Å². The van der Waals surface area contributed by atoms with E-state index in [1.807, 2.05) is 54.6 Å². The first-order valence-corrected chi connectivity index (χ1v) is 13.8. The lowest BCUT2D eigenvalue weighted by atomic mass is 10.0. The molecule has 0 radical (unpaired) electrons. The number of nitrogens with one attached hydrogen (secondary N) is 2. The van der Waals surface area contributed by atoms with Crippen LogP contribution in [0.1, 0.15) is 15.9 Å². The quantitative estimate of drug-likeness (QED) is 0.258. The minimum absolute atomic E-state index is 0.0515. The number of hydrogen-bond acceptors (Lipinski definition) is 7. The molecule has 1 aromatic heterocycles. The number of sulfone groups is 1. The fourth-order valence-electron chi connectivity index (χ4n) is 3.99. The number of carbonyl (C=O) groups excluding carboxylic acids is 1. The Morgan fingerprint density at radius 1 is 0.868 bits per heavy atom. The van der Waals surface area contributed by atoms with Gasteiger partial charge in [0, 0.05) is 35.5 Å². The number of para-hydroxylation sites is 1. The lowest BCUT2D eigenvalue weighted by Crippen LogP contribution is -2.12. The van der Waals surface area contributed by atoms with E-state index < -0.39 is 9.84 Å². The summed E-state index contributed by atoms with van der Waals surface area (Å²) in [6.45, 7) is 0. The monoisotopic (exact) mass is 524 g/mol. The number of rotatable bonds is 8. The molecule has 5 aromatic rings. The average Bonchev–Trinajstić information content (AvgIpc) is 2.88. The summed E-state index contributed by atoms with van der Waals surface area (Å²) in [6.07, 6.45) is 2.77. The van der Waals surface area contributed by atoms with Gasteiger partial charge in [0.25, 0.3) is 5.91 Å². The molecule has 5 rings (SSSR count). The lowest BCUT2D eigenvalue weighted by Gasteiger charge is -2.11. The third kappa shape index (κ3) is 6.32.